The van der Waals surface area contributed by atoms with Gasteiger partial charge in [-0.2, -0.15) is 0 Å². The third kappa shape index (κ3) is 10.0. The molecule has 0 spiro atoms. The lowest BCUT2D eigenvalue weighted by Gasteiger charge is -2.20. The van der Waals surface area contributed by atoms with Crippen LogP contribution in [0.1, 0.15) is 27.9 Å². The number of ether oxygens (including phenoxy) is 3. The number of methoxy groups -OCH3 is 1. The number of nitrogens with zero attached hydrogens (tertiary/aromatic N) is 1. The Kier molecular flexibility index (Phi) is 12.7. The van der Waals surface area contributed by atoms with Crippen molar-refractivity contribution in [2.24, 2.45) is 10.7 Å². The minimum absolute atomic E-state index is 0.0656. The molecule has 3 aromatic rings. The number of halogens is 1. The zero-order chi connectivity index (χ0) is 32.2. The van der Waals surface area contributed by atoms with Gasteiger partial charge in [0.15, 0.2) is 0 Å². The molecule has 1 aliphatic rings. The van der Waals surface area contributed by atoms with Gasteiger partial charge in [0.05, 0.1) is 57.9 Å². The Bertz CT molecular complexity index is 1470. The van der Waals surface area contributed by atoms with Crippen molar-refractivity contribution >= 4 is 47.4 Å². The molecule has 45 heavy (non-hydrogen) atoms. The maximum atomic E-state index is 12.8. The molecule has 0 aromatic heterocycles. The van der Waals surface area contributed by atoms with E-state index in [1.807, 2.05) is 30.3 Å². The molecule has 0 fully saturated rings. The zero-order valence-electron chi connectivity index (χ0n) is 24.9. The van der Waals surface area contributed by atoms with Gasteiger partial charge >= 0.3 is 7.12 Å². The average molecular weight is 638 g/mol. The van der Waals surface area contributed by atoms with Crippen LogP contribution in [0.15, 0.2) is 71.7 Å². The highest BCUT2D eigenvalue weighted by Gasteiger charge is 2.27. The summed E-state index contributed by atoms with van der Waals surface area (Å²) in [4.78, 5) is 29.9. The standard InChI is InChI=1S/C31H37BClN5O7/c1-43-24-9-10-26-25(18-24)29(20-5-7-23(33)8-6-20)37-27(30(34)38-26)19-28(39)35-11-13-44-15-16-45-14-12-36-31(40)21-3-2-4-22(17-21)32(41)42/h2-10,17-18,27,30,38,41-42H,11-16,19,34H2,1H3,(H,35,39)(H,36,40)/t27-,30?/m0/s1. The van der Waals surface area contributed by atoms with Crippen molar-refractivity contribution in [1.82, 2.24) is 10.6 Å². The van der Waals surface area contributed by atoms with E-state index in [9.17, 15) is 19.6 Å². The van der Waals surface area contributed by atoms with Crippen LogP contribution < -0.4 is 31.9 Å². The average Bonchev–Trinajstić information content (AvgIpc) is 3.17. The van der Waals surface area contributed by atoms with Gasteiger partial charge in [0, 0.05) is 40.5 Å². The maximum Gasteiger partial charge on any atom is 0.488 e. The van der Waals surface area contributed by atoms with Gasteiger partial charge in [0.2, 0.25) is 5.91 Å². The highest BCUT2D eigenvalue weighted by molar-refractivity contribution is 6.58. The van der Waals surface area contributed by atoms with Gasteiger partial charge in [0.25, 0.3) is 5.91 Å². The molecule has 2 amide bonds. The molecule has 3 aromatic carbocycles. The number of nitrogens with one attached hydrogen (secondary N) is 3. The number of amides is 2. The molecule has 0 aliphatic carbocycles. The van der Waals surface area contributed by atoms with Crippen molar-refractivity contribution < 1.29 is 33.8 Å². The Balaban J connectivity index is 1.18. The highest BCUT2D eigenvalue weighted by atomic mass is 35.5. The van der Waals surface area contributed by atoms with Crippen LogP contribution in [0.5, 0.6) is 5.75 Å². The molecular weight excluding hydrogens is 601 g/mol. The van der Waals surface area contributed by atoms with Crippen LogP contribution >= 0.6 is 11.6 Å². The SMILES string of the molecule is COc1ccc2c(c1)C(c1ccc(Cl)cc1)=N[C@@H](CC(=O)NCCOCCOCCNC(=O)c1cccc(B(O)O)c1)C(N)N2. The first-order valence-corrected chi connectivity index (χ1v) is 14.8. The van der Waals surface area contributed by atoms with Gasteiger partial charge in [-0.25, -0.2) is 0 Å². The molecule has 4 rings (SSSR count). The number of benzene rings is 3. The van der Waals surface area contributed by atoms with Crippen molar-refractivity contribution in [1.29, 1.82) is 0 Å². The van der Waals surface area contributed by atoms with E-state index in [0.29, 0.717) is 48.4 Å². The van der Waals surface area contributed by atoms with Gasteiger partial charge < -0.3 is 45.9 Å². The van der Waals surface area contributed by atoms with Crippen LogP contribution in [0.25, 0.3) is 0 Å². The number of nitrogens with two attached hydrogens (primary N) is 1. The minimum atomic E-state index is -1.64. The van der Waals surface area contributed by atoms with E-state index in [4.69, 9.17) is 36.5 Å². The molecule has 14 heteroatoms. The number of hydrogen-bond acceptors (Lipinski definition) is 10. The molecule has 0 bridgehead atoms. The topological polar surface area (TPSA) is 177 Å². The van der Waals surface area contributed by atoms with Gasteiger partial charge in [-0.3, -0.25) is 14.6 Å². The molecular formula is C31H37BClN5O7. The summed E-state index contributed by atoms with van der Waals surface area (Å²) >= 11 is 6.11. The normalized spacial score (nSPS) is 15.6. The van der Waals surface area contributed by atoms with E-state index >= 15 is 0 Å². The number of aliphatic imine (C=N–C) groups is 1. The fourth-order valence-corrected chi connectivity index (χ4v) is 4.73. The predicted octanol–water partition coefficient (Wildman–Crippen LogP) is 0.914. The summed E-state index contributed by atoms with van der Waals surface area (Å²) in [6, 6.07) is 18.5. The largest absolute Gasteiger partial charge is 0.497 e. The highest BCUT2D eigenvalue weighted by Crippen LogP contribution is 2.29. The lowest BCUT2D eigenvalue weighted by atomic mass is 9.79. The molecule has 0 saturated carbocycles. The van der Waals surface area contributed by atoms with Gasteiger partial charge in [-0.15, -0.1) is 0 Å². The zero-order valence-corrected chi connectivity index (χ0v) is 25.6. The molecule has 1 unspecified atom stereocenters. The van der Waals surface area contributed by atoms with Gasteiger partial charge in [-0.05, 0) is 47.9 Å². The van der Waals surface area contributed by atoms with Gasteiger partial charge in [-0.1, -0.05) is 35.9 Å². The smallest absolute Gasteiger partial charge is 0.488 e. The second-order valence-corrected chi connectivity index (χ2v) is 10.6. The molecule has 0 saturated heterocycles. The van der Waals surface area contributed by atoms with Crippen molar-refractivity contribution in [2.75, 3.05) is 51.9 Å². The second-order valence-electron chi connectivity index (χ2n) is 10.2. The van der Waals surface area contributed by atoms with Crippen LogP contribution in [-0.2, 0) is 14.3 Å². The van der Waals surface area contributed by atoms with E-state index in [-0.39, 0.29) is 36.8 Å². The second kappa shape index (κ2) is 16.9. The van der Waals surface area contributed by atoms with Crippen molar-refractivity contribution in [3.8, 4) is 5.75 Å². The van der Waals surface area contributed by atoms with Crippen LogP contribution in [0, 0.1) is 0 Å². The van der Waals surface area contributed by atoms with Crippen LogP contribution in [0.4, 0.5) is 5.69 Å². The van der Waals surface area contributed by atoms with Crippen LogP contribution in [0.2, 0.25) is 5.02 Å². The van der Waals surface area contributed by atoms with Crippen LogP contribution in [-0.4, -0.2) is 93.5 Å². The third-order valence-corrected chi connectivity index (χ3v) is 7.20. The summed E-state index contributed by atoms with van der Waals surface area (Å²) in [7, 11) is -0.0437. The summed E-state index contributed by atoms with van der Waals surface area (Å²) in [5, 5.41) is 27.9. The molecule has 0 radical (unpaired) electrons. The molecule has 12 nitrogen and oxygen atoms in total. The maximum absolute atomic E-state index is 12.8. The Morgan fingerprint density at radius 1 is 0.978 bits per heavy atom. The number of rotatable bonds is 15. The first-order chi connectivity index (χ1) is 21.7. The summed E-state index contributed by atoms with van der Waals surface area (Å²) in [5.41, 5.74) is 10.1. The molecule has 1 heterocycles. The first kappa shape index (κ1) is 33.9. The number of benzodiazepines with no additional fused rings is 1. The minimum Gasteiger partial charge on any atom is -0.497 e. The summed E-state index contributed by atoms with van der Waals surface area (Å²) in [6.45, 7) is 1.77. The Hall–Kier alpha value is -3.98. The Morgan fingerprint density at radius 2 is 1.69 bits per heavy atom. The molecule has 1 aliphatic heterocycles. The fraction of sp³-hybridized carbons (Fsp3) is 0.323. The Labute approximate surface area is 267 Å². The van der Waals surface area contributed by atoms with E-state index in [0.717, 1.165) is 16.8 Å². The number of carbonyl (C=O) groups is 2. The van der Waals surface area contributed by atoms with Crippen LogP contribution in [0.3, 0.4) is 0 Å². The van der Waals surface area contributed by atoms with Crippen molar-refractivity contribution in [3.05, 3.63) is 88.4 Å². The fourth-order valence-electron chi connectivity index (χ4n) is 4.60. The molecule has 2 atom stereocenters. The van der Waals surface area contributed by atoms with E-state index in [2.05, 4.69) is 16.0 Å². The van der Waals surface area contributed by atoms with Crippen molar-refractivity contribution in [3.63, 3.8) is 0 Å². The lowest BCUT2D eigenvalue weighted by molar-refractivity contribution is -0.121. The monoisotopic (exact) mass is 637 g/mol. The summed E-state index contributed by atoms with van der Waals surface area (Å²) < 4.78 is 16.4. The predicted molar refractivity (Wildman–Crippen MR) is 173 cm³/mol. The third-order valence-electron chi connectivity index (χ3n) is 6.95. The quantitative estimate of drug-likeness (QED) is 0.104. The lowest BCUT2D eigenvalue weighted by Crippen LogP contribution is -2.43. The van der Waals surface area contributed by atoms with E-state index in [1.54, 1.807) is 31.4 Å². The summed E-state index contributed by atoms with van der Waals surface area (Å²) in [6.07, 6.45) is -0.541. The Morgan fingerprint density at radius 3 is 2.38 bits per heavy atom. The molecule has 238 valence electrons. The van der Waals surface area contributed by atoms with Crippen molar-refractivity contribution in [2.45, 2.75) is 18.6 Å². The summed E-state index contributed by atoms with van der Waals surface area (Å²) in [5.74, 6) is 0.113. The number of fused-ring (bicyclic) bond motifs is 1. The number of carbonyl (C=O) groups excluding carboxylic acids is 2. The van der Waals surface area contributed by atoms with E-state index < -0.39 is 19.3 Å². The van der Waals surface area contributed by atoms with E-state index in [1.165, 1.54) is 12.1 Å². The number of hydrogen-bond donors (Lipinski definition) is 6. The number of anilines is 1. The van der Waals surface area contributed by atoms with Gasteiger partial charge in [0.1, 0.15) is 5.75 Å². The first-order valence-electron chi connectivity index (χ1n) is 14.5. The molecule has 7 N–H and O–H groups in total.